The monoisotopic (exact) mass is 337 g/mol. The Morgan fingerprint density at radius 2 is 2.00 bits per heavy atom. The molecule has 3 saturated heterocycles. The van der Waals surface area contributed by atoms with Gasteiger partial charge in [-0.3, -0.25) is 4.90 Å². The summed E-state index contributed by atoms with van der Waals surface area (Å²) in [6, 6.07) is 0.113. The number of nitrogens with zero attached hydrogens (tertiary/aromatic N) is 1. The Morgan fingerprint density at radius 1 is 1.29 bits per heavy atom. The first-order chi connectivity index (χ1) is 11.3. The first-order valence-electron chi connectivity index (χ1n) is 8.84. The Morgan fingerprint density at radius 3 is 2.71 bits per heavy atom. The van der Waals surface area contributed by atoms with Crippen molar-refractivity contribution in [1.82, 2.24) is 4.90 Å². The fraction of sp³-hybridized carbons (Fsp3) is 0.778. The Kier molecular flexibility index (Phi) is 4.71. The highest BCUT2D eigenvalue weighted by atomic mass is 16.6. The van der Waals surface area contributed by atoms with E-state index in [1.54, 1.807) is 19.9 Å². The van der Waals surface area contributed by atoms with E-state index in [1.807, 2.05) is 0 Å². The van der Waals surface area contributed by atoms with Crippen molar-refractivity contribution >= 4 is 11.9 Å². The van der Waals surface area contributed by atoms with Crippen LogP contribution in [0.4, 0.5) is 0 Å². The highest BCUT2D eigenvalue weighted by Crippen LogP contribution is 2.36. The van der Waals surface area contributed by atoms with Gasteiger partial charge in [0, 0.05) is 18.0 Å². The number of carbonyl (C=O) groups excluding carboxylic acids is 2. The summed E-state index contributed by atoms with van der Waals surface area (Å²) < 4.78 is 11.3. The van der Waals surface area contributed by atoms with Crippen LogP contribution in [0.2, 0.25) is 0 Å². The zero-order chi connectivity index (χ0) is 17.5. The maximum Gasteiger partial charge on any atom is 0.338 e. The highest BCUT2D eigenvalue weighted by molar-refractivity contribution is 5.89. The molecule has 1 N–H and O–H groups in total. The Labute approximate surface area is 142 Å². The maximum atomic E-state index is 12.6. The van der Waals surface area contributed by atoms with Crippen LogP contribution in [-0.2, 0) is 19.1 Å². The van der Waals surface area contributed by atoms with Crippen LogP contribution in [-0.4, -0.2) is 59.4 Å². The lowest BCUT2D eigenvalue weighted by molar-refractivity contribution is -0.172. The second kappa shape index (κ2) is 6.48. The van der Waals surface area contributed by atoms with E-state index in [0.29, 0.717) is 5.57 Å². The van der Waals surface area contributed by atoms with E-state index in [1.165, 1.54) is 6.92 Å². The lowest BCUT2D eigenvalue weighted by Gasteiger charge is -2.32. The van der Waals surface area contributed by atoms with Crippen LogP contribution < -0.4 is 0 Å². The number of aliphatic hydroxyl groups is 1. The number of ether oxygens (including phenoxy) is 2. The van der Waals surface area contributed by atoms with E-state index >= 15 is 0 Å². The van der Waals surface area contributed by atoms with Crippen molar-refractivity contribution in [2.45, 2.75) is 57.8 Å². The number of esters is 2. The Hall–Kier alpha value is -1.40. The number of hydrogen-bond donors (Lipinski definition) is 1. The van der Waals surface area contributed by atoms with Gasteiger partial charge in [-0.25, -0.2) is 9.59 Å². The standard InChI is InChI=1S/C18H27NO5/c1-4-12-9-11(2)18(3,22)17(21)23-10-13-5-7-19-8-6-14(15(13)19)24-16(12)20/h4,11,13-15,22H,5-10H2,1-3H3/t11-,13-,14-,15-,18+/m1/s1. The normalized spacial score (nSPS) is 42.9. The summed E-state index contributed by atoms with van der Waals surface area (Å²) in [6.45, 7) is 7.11. The lowest BCUT2D eigenvalue weighted by Crippen LogP contribution is -2.46. The molecule has 0 radical (unpaired) electrons. The minimum Gasteiger partial charge on any atom is -0.463 e. The van der Waals surface area contributed by atoms with Gasteiger partial charge in [-0.05, 0) is 45.6 Å². The van der Waals surface area contributed by atoms with Crippen molar-refractivity contribution in [2.75, 3.05) is 19.7 Å². The second-order valence-electron chi connectivity index (χ2n) is 7.47. The molecule has 6 heteroatoms. The molecule has 0 amide bonds. The molecule has 134 valence electrons. The molecule has 6 nitrogen and oxygen atoms in total. The number of rotatable bonds is 0. The van der Waals surface area contributed by atoms with E-state index < -0.39 is 17.5 Å². The number of cyclic esters (lactones) is 1. The van der Waals surface area contributed by atoms with Crippen LogP contribution in [0.1, 0.15) is 40.0 Å². The predicted octanol–water partition coefficient (Wildman–Crippen LogP) is 1.27. The van der Waals surface area contributed by atoms with Crippen molar-refractivity contribution in [3.8, 4) is 0 Å². The van der Waals surface area contributed by atoms with Crippen molar-refractivity contribution in [2.24, 2.45) is 11.8 Å². The van der Waals surface area contributed by atoms with Gasteiger partial charge in [-0.1, -0.05) is 13.0 Å². The number of carbonyl (C=O) groups is 2. The summed E-state index contributed by atoms with van der Waals surface area (Å²) in [6.07, 6.45) is 3.59. The number of hydrogen-bond acceptors (Lipinski definition) is 6. The van der Waals surface area contributed by atoms with Crippen molar-refractivity contribution in [1.29, 1.82) is 0 Å². The molecular weight excluding hydrogens is 310 g/mol. The van der Waals surface area contributed by atoms with E-state index in [-0.39, 0.29) is 37.1 Å². The average Bonchev–Trinajstić information content (AvgIpc) is 3.12. The minimum atomic E-state index is -1.62. The van der Waals surface area contributed by atoms with Gasteiger partial charge in [0.05, 0.1) is 12.6 Å². The SMILES string of the molecule is CC=C1C[C@@H](C)[C@](C)(O)C(=O)OC[C@H]2CCN3CC[C@@H](OC1=O)[C@@H]23. The molecule has 5 atom stereocenters. The smallest absolute Gasteiger partial charge is 0.338 e. The molecule has 0 unspecified atom stereocenters. The van der Waals surface area contributed by atoms with Gasteiger partial charge < -0.3 is 14.6 Å². The molecule has 0 bridgehead atoms. The minimum absolute atomic E-state index is 0.113. The third-order valence-corrected chi connectivity index (χ3v) is 5.97. The summed E-state index contributed by atoms with van der Waals surface area (Å²) in [5, 5.41) is 10.6. The molecule has 3 fully saturated rings. The van der Waals surface area contributed by atoms with Gasteiger partial charge in [0.15, 0.2) is 5.60 Å². The molecule has 0 spiro atoms. The van der Waals surface area contributed by atoms with Crippen LogP contribution in [0.25, 0.3) is 0 Å². The van der Waals surface area contributed by atoms with Gasteiger partial charge in [0.25, 0.3) is 0 Å². The van der Waals surface area contributed by atoms with E-state index in [9.17, 15) is 14.7 Å². The quantitative estimate of drug-likeness (QED) is 0.530. The molecule has 3 heterocycles. The molecule has 0 saturated carbocycles. The van der Waals surface area contributed by atoms with Crippen LogP contribution in [0.15, 0.2) is 11.6 Å². The largest absolute Gasteiger partial charge is 0.463 e. The molecule has 0 aromatic heterocycles. The summed E-state index contributed by atoms with van der Waals surface area (Å²) in [4.78, 5) is 27.3. The van der Waals surface area contributed by atoms with E-state index in [0.717, 1.165) is 25.9 Å². The third-order valence-electron chi connectivity index (χ3n) is 5.97. The summed E-state index contributed by atoms with van der Waals surface area (Å²) in [5.41, 5.74) is -1.12. The maximum absolute atomic E-state index is 12.6. The van der Waals surface area contributed by atoms with Crippen LogP contribution in [0.3, 0.4) is 0 Å². The van der Waals surface area contributed by atoms with Gasteiger partial charge in [-0.2, -0.15) is 0 Å². The van der Waals surface area contributed by atoms with Crippen LogP contribution in [0.5, 0.6) is 0 Å². The Bertz CT molecular complexity index is 556. The molecule has 0 aromatic carbocycles. The van der Waals surface area contributed by atoms with E-state index in [2.05, 4.69) is 4.90 Å². The van der Waals surface area contributed by atoms with Crippen LogP contribution in [0, 0.1) is 11.8 Å². The molecule has 3 aliphatic rings. The first-order valence-corrected chi connectivity index (χ1v) is 8.84. The summed E-state index contributed by atoms with van der Waals surface area (Å²) >= 11 is 0. The van der Waals surface area contributed by atoms with Gasteiger partial charge in [0.2, 0.25) is 0 Å². The molecule has 3 aliphatic heterocycles. The van der Waals surface area contributed by atoms with Crippen molar-refractivity contribution < 1.29 is 24.2 Å². The highest BCUT2D eigenvalue weighted by Gasteiger charge is 2.48. The van der Waals surface area contributed by atoms with Crippen molar-refractivity contribution in [3.05, 3.63) is 11.6 Å². The second-order valence-corrected chi connectivity index (χ2v) is 7.47. The zero-order valence-corrected chi connectivity index (χ0v) is 14.7. The first kappa shape index (κ1) is 17.4. The predicted molar refractivity (Wildman–Crippen MR) is 87.1 cm³/mol. The lowest BCUT2D eigenvalue weighted by atomic mass is 9.85. The molecule has 0 aliphatic carbocycles. The van der Waals surface area contributed by atoms with Gasteiger partial charge >= 0.3 is 11.9 Å². The fourth-order valence-corrected chi connectivity index (χ4v) is 4.11. The van der Waals surface area contributed by atoms with Gasteiger partial charge in [0.1, 0.15) is 6.10 Å². The number of allylic oxidation sites excluding steroid dienone is 1. The van der Waals surface area contributed by atoms with Crippen molar-refractivity contribution in [3.63, 3.8) is 0 Å². The summed E-state index contributed by atoms with van der Waals surface area (Å²) in [5.74, 6) is -1.23. The molecule has 3 rings (SSSR count). The molecule has 0 aromatic rings. The molecular formula is C18H27NO5. The zero-order valence-electron chi connectivity index (χ0n) is 14.7. The Balaban J connectivity index is 1.89. The topological polar surface area (TPSA) is 76.1 Å². The average molecular weight is 337 g/mol. The fourth-order valence-electron chi connectivity index (χ4n) is 4.11. The van der Waals surface area contributed by atoms with Crippen LogP contribution >= 0.6 is 0 Å². The summed E-state index contributed by atoms with van der Waals surface area (Å²) in [7, 11) is 0. The molecule has 24 heavy (non-hydrogen) atoms. The van der Waals surface area contributed by atoms with E-state index in [4.69, 9.17) is 9.47 Å². The third kappa shape index (κ3) is 2.97. The van der Waals surface area contributed by atoms with Gasteiger partial charge in [-0.15, -0.1) is 0 Å².